The summed E-state index contributed by atoms with van der Waals surface area (Å²) >= 11 is 1.25. The summed E-state index contributed by atoms with van der Waals surface area (Å²) in [6.45, 7) is 1.37. The molecule has 7 nitrogen and oxygen atoms in total. The Morgan fingerprint density at radius 3 is 1.74 bits per heavy atom. The molecule has 1 aromatic carbocycles. The minimum atomic E-state index is -0.194. The molecule has 0 amide bonds. The molecule has 0 saturated carbocycles. The van der Waals surface area contributed by atoms with Gasteiger partial charge >= 0.3 is 103 Å². The Bertz CT molecular complexity index is 367. The first kappa shape index (κ1) is 23.9. The largest absolute Gasteiger partial charge is 1.00 e. The van der Waals surface area contributed by atoms with Gasteiger partial charge in [-0.15, -0.1) is 0 Å². The Balaban J connectivity index is 0. The third-order valence-corrected chi connectivity index (χ3v) is 2.71. The van der Waals surface area contributed by atoms with Crippen molar-refractivity contribution in [1.29, 1.82) is 0 Å². The summed E-state index contributed by atoms with van der Waals surface area (Å²) in [5.41, 5.74) is 0.362. The number of rotatable bonds is 7. The van der Waals surface area contributed by atoms with Crippen LogP contribution in [0.5, 0.6) is 0 Å². The van der Waals surface area contributed by atoms with Crippen LogP contribution in [-0.4, -0.2) is 5.78 Å². The zero-order valence-corrected chi connectivity index (χ0v) is 18.3. The van der Waals surface area contributed by atoms with Gasteiger partial charge in [0, 0.05) is 15.4 Å². The standard InChI is InChI=1S/C8H8O7S2.2K/c1-5(9)6-2-7(16-14-12-10)4-8(3-6)17-15-13-11;;/h2-4,10-11H,1H3;;/q;2*+1/p-2. The summed E-state index contributed by atoms with van der Waals surface area (Å²) in [4.78, 5) is 12.1. The molecule has 0 spiro atoms. The monoisotopic (exact) mass is 356 g/mol. The van der Waals surface area contributed by atoms with E-state index in [1.807, 2.05) is 0 Å². The zero-order valence-electron chi connectivity index (χ0n) is 10.4. The van der Waals surface area contributed by atoms with E-state index in [-0.39, 0.29) is 109 Å². The first-order valence-electron chi connectivity index (χ1n) is 4.09. The van der Waals surface area contributed by atoms with Crippen LogP contribution in [0, 0.1) is 0 Å². The van der Waals surface area contributed by atoms with E-state index in [1.165, 1.54) is 25.1 Å². The molecule has 1 rings (SSSR count). The minimum Gasteiger partial charge on any atom is -0.691 e. The topological polar surface area (TPSA) is 100 Å². The number of carbonyl (C=O) groups excluding carboxylic acids is 1. The fourth-order valence-electron chi connectivity index (χ4n) is 0.978. The maximum atomic E-state index is 11.2. The normalized spacial score (nSPS) is 9.42. The van der Waals surface area contributed by atoms with E-state index in [0.717, 1.165) is 0 Å². The molecule has 19 heavy (non-hydrogen) atoms. The number of benzene rings is 1. The van der Waals surface area contributed by atoms with Crippen LogP contribution < -0.4 is 113 Å². The van der Waals surface area contributed by atoms with Crippen molar-refractivity contribution in [1.82, 2.24) is 0 Å². The first-order chi connectivity index (χ1) is 8.17. The van der Waals surface area contributed by atoms with Gasteiger partial charge < -0.3 is 10.5 Å². The van der Waals surface area contributed by atoms with E-state index in [4.69, 9.17) is 0 Å². The van der Waals surface area contributed by atoms with E-state index >= 15 is 0 Å². The van der Waals surface area contributed by atoms with Crippen molar-refractivity contribution in [3.63, 3.8) is 0 Å². The molecule has 0 aliphatic carbocycles. The number of ketones is 1. The van der Waals surface area contributed by atoms with Crippen molar-refractivity contribution in [2.24, 2.45) is 0 Å². The molecule has 0 N–H and O–H groups in total. The zero-order chi connectivity index (χ0) is 12.7. The second-order valence-electron chi connectivity index (χ2n) is 2.69. The van der Waals surface area contributed by atoms with Gasteiger partial charge in [-0.3, -0.25) is 14.9 Å². The van der Waals surface area contributed by atoms with E-state index in [0.29, 0.717) is 39.4 Å². The molecule has 0 bridgehead atoms. The van der Waals surface area contributed by atoms with Crippen molar-refractivity contribution >= 4 is 29.9 Å². The molecule has 0 atom stereocenters. The van der Waals surface area contributed by atoms with Gasteiger partial charge in [0.05, 0.1) is 24.1 Å². The van der Waals surface area contributed by atoms with Crippen LogP contribution in [0.3, 0.4) is 0 Å². The van der Waals surface area contributed by atoms with Crippen LogP contribution in [0.25, 0.3) is 0 Å². The molecule has 0 aromatic heterocycles. The SMILES string of the molecule is CC(=O)c1cc(SOO[O-])cc(SOO[O-])c1.[K+].[K+]. The van der Waals surface area contributed by atoms with Crippen LogP contribution in [0.1, 0.15) is 17.3 Å². The smallest absolute Gasteiger partial charge is 0.691 e. The number of hydrogen-bond donors (Lipinski definition) is 0. The molecule has 0 unspecified atom stereocenters. The van der Waals surface area contributed by atoms with Crippen molar-refractivity contribution < 1.29 is 137 Å². The average molecular weight is 356 g/mol. The number of Topliss-reactive ketones (excluding diaryl/α,β-unsaturated/α-hetero) is 1. The fraction of sp³-hybridized carbons (Fsp3) is 0.125. The number of carbonyl (C=O) groups is 1. The second-order valence-corrected chi connectivity index (χ2v) is 4.24. The van der Waals surface area contributed by atoms with Crippen molar-refractivity contribution in [2.75, 3.05) is 0 Å². The Hall–Kier alpha value is 2.62. The van der Waals surface area contributed by atoms with Crippen molar-refractivity contribution in [3.05, 3.63) is 23.8 Å². The fourth-order valence-corrected chi connectivity index (χ4v) is 1.97. The van der Waals surface area contributed by atoms with E-state index in [9.17, 15) is 15.3 Å². The molecule has 94 valence electrons. The molecular weight excluding hydrogens is 350 g/mol. The van der Waals surface area contributed by atoms with Crippen LogP contribution in [0.2, 0.25) is 0 Å². The molecule has 0 aliphatic rings. The Morgan fingerprint density at radius 1 is 1.00 bits per heavy atom. The Kier molecular flexibility index (Phi) is 17.9. The van der Waals surface area contributed by atoms with E-state index in [1.54, 1.807) is 0 Å². The molecule has 1 aromatic rings. The van der Waals surface area contributed by atoms with Gasteiger partial charge in [0.1, 0.15) is 0 Å². The molecule has 0 radical (unpaired) electrons. The van der Waals surface area contributed by atoms with Crippen molar-refractivity contribution in [3.8, 4) is 0 Å². The second kappa shape index (κ2) is 14.2. The van der Waals surface area contributed by atoms with Gasteiger partial charge in [0.25, 0.3) is 0 Å². The van der Waals surface area contributed by atoms with Gasteiger partial charge in [-0.2, -0.15) is 8.67 Å². The molecular formula is C8H6K2O7S2. The summed E-state index contributed by atoms with van der Waals surface area (Å²) in [5, 5.41) is 25.7. The predicted octanol–water partition coefficient (Wildman–Crippen LogP) is -5.64. The molecule has 0 heterocycles. The van der Waals surface area contributed by atoms with Crippen molar-refractivity contribution in [2.45, 2.75) is 16.7 Å². The van der Waals surface area contributed by atoms with Crippen LogP contribution in [0.15, 0.2) is 28.0 Å². The average Bonchev–Trinajstić information content (AvgIpc) is 2.33. The first-order valence-corrected chi connectivity index (χ1v) is 5.58. The van der Waals surface area contributed by atoms with Gasteiger partial charge in [-0.25, -0.2) is 0 Å². The molecule has 0 aliphatic heterocycles. The van der Waals surface area contributed by atoms with Gasteiger partial charge in [0.15, 0.2) is 5.78 Å². The Labute approximate surface area is 203 Å². The maximum absolute atomic E-state index is 11.2. The van der Waals surface area contributed by atoms with Gasteiger partial charge in [0.2, 0.25) is 0 Å². The molecule has 11 heteroatoms. The Morgan fingerprint density at radius 2 is 1.42 bits per heavy atom. The predicted molar refractivity (Wildman–Crippen MR) is 52.5 cm³/mol. The molecule has 0 fully saturated rings. The summed E-state index contributed by atoms with van der Waals surface area (Å²) in [6.07, 6.45) is 0. The summed E-state index contributed by atoms with van der Waals surface area (Å²) in [5.74, 6) is -0.194. The maximum Gasteiger partial charge on any atom is 1.00 e. The van der Waals surface area contributed by atoms with Gasteiger partial charge in [-0.1, -0.05) is 0 Å². The van der Waals surface area contributed by atoms with Crippen LogP contribution in [-0.2, 0) is 18.7 Å². The van der Waals surface area contributed by atoms with E-state index < -0.39 is 0 Å². The van der Waals surface area contributed by atoms with Crippen LogP contribution in [0.4, 0.5) is 0 Å². The minimum absolute atomic E-state index is 0. The third kappa shape index (κ3) is 10.1. The third-order valence-electron chi connectivity index (χ3n) is 1.60. The summed E-state index contributed by atoms with van der Waals surface area (Å²) < 4.78 is 8.24. The molecule has 0 saturated heterocycles. The summed E-state index contributed by atoms with van der Waals surface area (Å²) in [7, 11) is 0. The number of hydrogen-bond acceptors (Lipinski definition) is 9. The summed E-state index contributed by atoms with van der Waals surface area (Å²) in [6, 6.07) is 4.50. The van der Waals surface area contributed by atoms with Gasteiger partial charge in [-0.05, 0) is 25.1 Å². The van der Waals surface area contributed by atoms with Crippen LogP contribution >= 0.6 is 24.1 Å². The quantitative estimate of drug-likeness (QED) is 0.156. The van der Waals surface area contributed by atoms with E-state index in [2.05, 4.69) is 18.7 Å².